The van der Waals surface area contributed by atoms with Crippen molar-refractivity contribution in [1.29, 1.82) is 0 Å². The molecular formula is C16H18N2OS. The van der Waals surface area contributed by atoms with Gasteiger partial charge in [-0.05, 0) is 38.1 Å². The number of thioether (sulfide) groups is 1. The van der Waals surface area contributed by atoms with Gasteiger partial charge in [-0.15, -0.1) is 11.8 Å². The summed E-state index contributed by atoms with van der Waals surface area (Å²) in [6.45, 7) is 3.93. The molecule has 2 aromatic rings. The number of anilines is 2. The summed E-state index contributed by atoms with van der Waals surface area (Å²) < 4.78 is 0. The molecule has 1 unspecified atom stereocenters. The maximum Gasteiger partial charge on any atom is 0.237 e. The molecule has 0 bridgehead atoms. The largest absolute Gasteiger partial charge is 0.397 e. The Bertz CT molecular complexity index is 596. The third-order valence-electron chi connectivity index (χ3n) is 2.92. The Balaban J connectivity index is 1.99. The summed E-state index contributed by atoms with van der Waals surface area (Å²) in [6, 6.07) is 15.4. The van der Waals surface area contributed by atoms with Gasteiger partial charge >= 0.3 is 0 Å². The van der Waals surface area contributed by atoms with Gasteiger partial charge in [0.05, 0.1) is 16.6 Å². The second-order valence-electron chi connectivity index (χ2n) is 4.65. The van der Waals surface area contributed by atoms with Gasteiger partial charge in [0.2, 0.25) is 5.91 Å². The first-order chi connectivity index (χ1) is 9.56. The van der Waals surface area contributed by atoms with Gasteiger partial charge in [-0.1, -0.05) is 29.8 Å². The van der Waals surface area contributed by atoms with Crippen LogP contribution < -0.4 is 11.1 Å². The number of aryl methyl sites for hydroxylation is 1. The van der Waals surface area contributed by atoms with E-state index in [0.29, 0.717) is 11.4 Å². The highest BCUT2D eigenvalue weighted by atomic mass is 32.2. The highest BCUT2D eigenvalue weighted by Gasteiger charge is 2.15. The number of para-hydroxylation sites is 2. The number of nitrogens with two attached hydrogens (primary N) is 1. The van der Waals surface area contributed by atoms with E-state index in [1.807, 2.05) is 50.2 Å². The molecule has 0 heterocycles. The van der Waals surface area contributed by atoms with Gasteiger partial charge in [0.1, 0.15) is 0 Å². The maximum absolute atomic E-state index is 12.1. The number of nitrogen functional groups attached to an aromatic ring is 1. The molecule has 0 radical (unpaired) electrons. The zero-order valence-electron chi connectivity index (χ0n) is 11.6. The zero-order chi connectivity index (χ0) is 14.5. The van der Waals surface area contributed by atoms with E-state index in [2.05, 4.69) is 5.32 Å². The van der Waals surface area contributed by atoms with Crippen LogP contribution in [0, 0.1) is 6.92 Å². The Morgan fingerprint density at radius 1 is 1.15 bits per heavy atom. The van der Waals surface area contributed by atoms with Crippen LogP contribution in [0.15, 0.2) is 53.4 Å². The smallest absolute Gasteiger partial charge is 0.237 e. The molecule has 3 N–H and O–H groups in total. The van der Waals surface area contributed by atoms with Gasteiger partial charge in [-0.3, -0.25) is 4.79 Å². The lowest BCUT2D eigenvalue weighted by atomic mass is 10.2. The predicted molar refractivity (Wildman–Crippen MR) is 86.0 cm³/mol. The minimum Gasteiger partial charge on any atom is -0.397 e. The molecule has 0 saturated carbocycles. The van der Waals surface area contributed by atoms with Crippen molar-refractivity contribution >= 4 is 29.0 Å². The number of carbonyl (C=O) groups excluding carboxylic acids is 1. The zero-order valence-corrected chi connectivity index (χ0v) is 12.4. The second-order valence-corrected chi connectivity index (χ2v) is 6.06. The maximum atomic E-state index is 12.1. The normalized spacial score (nSPS) is 11.9. The van der Waals surface area contributed by atoms with Gasteiger partial charge in [-0.25, -0.2) is 0 Å². The first kappa shape index (κ1) is 14.5. The van der Waals surface area contributed by atoms with Crippen molar-refractivity contribution in [3.8, 4) is 0 Å². The molecule has 4 heteroatoms. The molecule has 2 rings (SSSR count). The fourth-order valence-corrected chi connectivity index (χ4v) is 2.59. The summed E-state index contributed by atoms with van der Waals surface area (Å²) in [6.07, 6.45) is 0. The van der Waals surface area contributed by atoms with Crippen molar-refractivity contribution in [1.82, 2.24) is 0 Å². The summed E-state index contributed by atoms with van der Waals surface area (Å²) in [5.74, 6) is -0.0477. The van der Waals surface area contributed by atoms with Crippen molar-refractivity contribution in [3.05, 3.63) is 54.1 Å². The molecule has 0 aliphatic carbocycles. The van der Waals surface area contributed by atoms with Crippen molar-refractivity contribution < 1.29 is 4.79 Å². The van der Waals surface area contributed by atoms with Gasteiger partial charge in [0.15, 0.2) is 0 Å². The molecule has 0 spiro atoms. The molecule has 1 atom stereocenters. The van der Waals surface area contributed by atoms with Crippen LogP contribution in [0.5, 0.6) is 0 Å². The van der Waals surface area contributed by atoms with Crippen LogP contribution in [0.1, 0.15) is 12.5 Å². The lowest BCUT2D eigenvalue weighted by molar-refractivity contribution is -0.115. The highest BCUT2D eigenvalue weighted by molar-refractivity contribution is 8.00. The number of carbonyl (C=O) groups is 1. The minimum absolute atomic E-state index is 0.0477. The number of hydrogen-bond acceptors (Lipinski definition) is 3. The predicted octanol–water partition coefficient (Wildman–Crippen LogP) is 3.70. The third kappa shape index (κ3) is 3.78. The van der Waals surface area contributed by atoms with Gasteiger partial charge in [-0.2, -0.15) is 0 Å². The van der Waals surface area contributed by atoms with Gasteiger partial charge < -0.3 is 11.1 Å². The average molecular weight is 286 g/mol. The molecule has 0 aromatic heterocycles. The molecule has 2 aromatic carbocycles. The Labute approximate surface area is 123 Å². The minimum atomic E-state index is -0.183. The fraction of sp³-hybridized carbons (Fsp3) is 0.188. The summed E-state index contributed by atoms with van der Waals surface area (Å²) >= 11 is 1.53. The number of hydrogen-bond donors (Lipinski definition) is 2. The Morgan fingerprint density at radius 3 is 2.45 bits per heavy atom. The van der Waals surface area contributed by atoms with E-state index in [0.717, 1.165) is 4.90 Å². The molecule has 20 heavy (non-hydrogen) atoms. The van der Waals surface area contributed by atoms with Crippen LogP contribution in [-0.4, -0.2) is 11.2 Å². The van der Waals surface area contributed by atoms with Crippen LogP contribution >= 0.6 is 11.8 Å². The van der Waals surface area contributed by atoms with E-state index in [-0.39, 0.29) is 11.2 Å². The Hall–Kier alpha value is -1.94. The van der Waals surface area contributed by atoms with Gasteiger partial charge in [0.25, 0.3) is 0 Å². The number of nitrogens with one attached hydrogen (secondary N) is 1. The summed E-state index contributed by atoms with van der Waals surface area (Å²) in [5, 5.41) is 2.67. The summed E-state index contributed by atoms with van der Waals surface area (Å²) in [4.78, 5) is 13.2. The monoisotopic (exact) mass is 286 g/mol. The molecule has 0 aliphatic heterocycles. The van der Waals surface area contributed by atoms with Crippen LogP contribution in [0.4, 0.5) is 11.4 Å². The molecule has 0 fully saturated rings. The van der Waals surface area contributed by atoms with Crippen LogP contribution in [-0.2, 0) is 4.79 Å². The summed E-state index contributed by atoms with van der Waals surface area (Å²) in [7, 11) is 0. The Kier molecular flexibility index (Phi) is 4.69. The standard InChI is InChI=1S/C16H18N2OS/c1-11-7-9-13(10-8-11)20-12(2)16(19)18-15-6-4-3-5-14(15)17/h3-10,12H,17H2,1-2H3,(H,18,19). The SMILES string of the molecule is Cc1ccc(SC(C)C(=O)Nc2ccccc2N)cc1. The number of rotatable bonds is 4. The lowest BCUT2D eigenvalue weighted by Gasteiger charge is -2.13. The third-order valence-corrected chi connectivity index (χ3v) is 4.03. The van der Waals surface area contributed by atoms with E-state index < -0.39 is 0 Å². The van der Waals surface area contributed by atoms with Crippen LogP contribution in [0.2, 0.25) is 0 Å². The highest BCUT2D eigenvalue weighted by Crippen LogP contribution is 2.25. The quantitative estimate of drug-likeness (QED) is 0.665. The van der Waals surface area contributed by atoms with E-state index in [4.69, 9.17) is 5.73 Å². The van der Waals surface area contributed by atoms with Crippen molar-refractivity contribution in [2.75, 3.05) is 11.1 Å². The van der Waals surface area contributed by atoms with Gasteiger partial charge in [0, 0.05) is 4.90 Å². The van der Waals surface area contributed by atoms with Crippen LogP contribution in [0.3, 0.4) is 0 Å². The first-order valence-corrected chi connectivity index (χ1v) is 7.33. The van der Waals surface area contributed by atoms with E-state index in [1.165, 1.54) is 17.3 Å². The molecular weight excluding hydrogens is 268 g/mol. The molecule has 3 nitrogen and oxygen atoms in total. The molecule has 0 aliphatic rings. The number of benzene rings is 2. The van der Waals surface area contributed by atoms with E-state index >= 15 is 0 Å². The average Bonchev–Trinajstić information content (AvgIpc) is 2.44. The van der Waals surface area contributed by atoms with E-state index in [9.17, 15) is 4.79 Å². The molecule has 0 saturated heterocycles. The number of amides is 1. The van der Waals surface area contributed by atoms with Crippen molar-refractivity contribution in [2.45, 2.75) is 24.0 Å². The summed E-state index contributed by atoms with van der Waals surface area (Å²) in [5.41, 5.74) is 8.27. The van der Waals surface area contributed by atoms with E-state index in [1.54, 1.807) is 12.1 Å². The lowest BCUT2D eigenvalue weighted by Crippen LogP contribution is -2.22. The molecule has 104 valence electrons. The fourth-order valence-electron chi connectivity index (χ4n) is 1.72. The Morgan fingerprint density at radius 2 is 1.80 bits per heavy atom. The van der Waals surface area contributed by atoms with Crippen LogP contribution in [0.25, 0.3) is 0 Å². The first-order valence-electron chi connectivity index (χ1n) is 6.45. The second kappa shape index (κ2) is 6.48. The van der Waals surface area contributed by atoms with Crippen molar-refractivity contribution in [3.63, 3.8) is 0 Å². The molecule has 1 amide bonds. The topological polar surface area (TPSA) is 55.1 Å². The van der Waals surface area contributed by atoms with Crippen molar-refractivity contribution in [2.24, 2.45) is 0 Å².